The summed E-state index contributed by atoms with van der Waals surface area (Å²) in [7, 11) is 1.57. The number of aryl methyl sites for hydroxylation is 2. The summed E-state index contributed by atoms with van der Waals surface area (Å²) in [5.41, 5.74) is 2.51. The zero-order chi connectivity index (χ0) is 16.8. The first kappa shape index (κ1) is 17.2. The third-order valence-electron chi connectivity index (χ3n) is 3.40. The van der Waals surface area contributed by atoms with Crippen LogP contribution in [0.4, 0.5) is 0 Å². The van der Waals surface area contributed by atoms with E-state index < -0.39 is 0 Å². The van der Waals surface area contributed by atoms with Crippen LogP contribution in [0.2, 0.25) is 5.02 Å². The number of rotatable bonds is 6. The second kappa shape index (κ2) is 7.88. The fourth-order valence-corrected chi connectivity index (χ4v) is 2.30. The highest BCUT2D eigenvalue weighted by Crippen LogP contribution is 2.25. The van der Waals surface area contributed by atoms with Crippen molar-refractivity contribution in [2.45, 2.75) is 13.8 Å². The van der Waals surface area contributed by atoms with Crippen LogP contribution in [0.3, 0.4) is 0 Å². The number of halogens is 1. The molecule has 2 rings (SSSR count). The molecule has 0 fully saturated rings. The Labute approximate surface area is 141 Å². The maximum atomic E-state index is 12.0. The molecule has 1 N–H and O–H groups in total. The van der Waals surface area contributed by atoms with Gasteiger partial charge >= 0.3 is 0 Å². The van der Waals surface area contributed by atoms with Gasteiger partial charge in [-0.15, -0.1) is 0 Å². The van der Waals surface area contributed by atoms with Gasteiger partial charge in [0, 0.05) is 10.6 Å². The lowest BCUT2D eigenvalue weighted by Crippen LogP contribution is -2.28. The van der Waals surface area contributed by atoms with Crippen molar-refractivity contribution in [2.75, 3.05) is 20.3 Å². The molecule has 1 amide bonds. The molecule has 0 saturated carbocycles. The van der Waals surface area contributed by atoms with Gasteiger partial charge in [-0.1, -0.05) is 17.7 Å². The van der Waals surface area contributed by atoms with E-state index >= 15 is 0 Å². The first-order valence-electron chi connectivity index (χ1n) is 7.33. The van der Waals surface area contributed by atoms with E-state index in [1.807, 2.05) is 26.0 Å². The van der Waals surface area contributed by atoms with Gasteiger partial charge in [0.2, 0.25) is 0 Å². The summed E-state index contributed by atoms with van der Waals surface area (Å²) in [5.74, 6) is 1.25. The van der Waals surface area contributed by atoms with Crippen molar-refractivity contribution in [1.82, 2.24) is 5.32 Å². The lowest BCUT2D eigenvalue weighted by atomic mass is 10.1. The number of benzene rings is 2. The van der Waals surface area contributed by atoms with Crippen LogP contribution < -0.4 is 14.8 Å². The minimum atomic E-state index is -0.157. The van der Waals surface area contributed by atoms with E-state index in [1.54, 1.807) is 31.4 Å². The molecule has 0 aliphatic heterocycles. The summed E-state index contributed by atoms with van der Waals surface area (Å²) < 4.78 is 10.8. The summed E-state index contributed by atoms with van der Waals surface area (Å²) in [6.07, 6.45) is 0. The van der Waals surface area contributed by atoms with Crippen LogP contribution in [0.15, 0.2) is 36.4 Å². The minimum Gasteiger partial charge on any atom is -0.497 e. The number of amides is 1. The molecular formula is C18H20ClNO3. The van der Waals surface area contributed by atoms with Crippen LogP contribution in [0, 0.1) is 13.8 Å². The molecule has 0 radical (unpaired) electrons. The molecule has 0 bridgehead atoms. The standard InChI is InChI=1S/C18H20ClNO3/c1-12-9-16(10-13(2)17(12)19)23-8-7-20-18(21)14-5-4-6-15(11-14)22-3/h4-6,9-11H,7-8H2,1-3H3,(H,20,21). The first-order chi connectivity index (χ1) is 11.0. The molecule has 122 valence electrons. The fraction of sp³-hybridized carbons (Fsp3) is 0.278. The fourth-order valence-electron chi connectivity index (χ4n) is 2.19. The van der Waals surface area contributed by atoms with Crippen molar-refractivity contribution in [3.8, 4) is 11.5 Å². The number of hydrogen-bond donors (Lipinski definition) is 1. The van der Waals surface area contributed by atoms with Crippen molar-refractivity contribution in [2.24, 2.45) is 0 Å². The van der Waals surface area contributed by atoms with Gasteiger partial charge in [-0.25, -0.2) is 0 Å². The maximum Gasteiger partial charge on any atom is 0.251 e. The largest absolute Gasteiger partial charge is 0.497 e. The molecule has 0 aromatic heterocycles. The van der Waals surface area contributed by atoms with E-state index in [0.717, 1.165) is 21.9 Å². The van der Waals surface area contributed by atoms with Gasteiger partial charge in [-0.3, -0.25) is 4.79 Å². The number of hydrogen-bond acceptors (Lipinski definition) is 3. The molecule has 0 atom stereocenters. The predicted molar refractivity (Wildman–Crippen MR) is 91.7 cm³/mol. The number of carbonyl (C=O) groups is 1. The summed E-state index contributed by atoms with van der Waals surface area (Å²) >= 11 is 6.12. The molecule has 2 aromatic rings. The van der Waals surface area contributed by atoms with E-state index in [1.165, 1.54) is 0 Å². The van der Waals surface area contributed by atoms with Gasteiger partial charge in [0.15, 0.2) is 0 Å². The average molecular weight is 334 g/mol. The Hall–Kier alpha value is -2.20. The Balaban J connectivity index is 1.84. The Morgan fingerprint density at radius 1 is 1.13 bits per heavy atom. The quantitative estimate of drug-likeness (QED) is 0.818. The molecule has 0 unspecified atom stereocenters. The molecule has 0 spiro atoms. The maximum absolute atomic E-state index is 12.0. The zero-order valence-corrected chi connectivity index (χ0v) is 14.2. The SMILES string of the molecule is COc1cccc(C(=O)NCCOc2cc(C)c(Cl)c(C)c2)c1. The molecule has 0 heterocycles. The Morgan fingerprint density at radius 3 is 2.48 bits per heavy atom. The highest BCUT2D eigenvalue weighted by atomic mass is 35.5. The third kappa shape index (κ3) is 4.63. The van der Waals surface area contributed by atoms with Crippen LogP contribution in [0.5, 0.6) is 11.5 Å². The van der Waals surface area contributed by atoms with E-state index in [0.29, 0.717) is 24.5 Å². The van der Waals surface area contributed by atoms with Crippen molar-refractivity contribution in [1.29, 1.82) is 0 Å². The van der Waals surface area contributed by atoms with Crippen LogP contribution in [0.1, 0.15) is 21.5 Å². The van der Waals surface area contributed by atoms with Crippen molar-refractivity contribution in [3.63, 3.8) is 0 Å². The summed E-state index contributed by atoms with van der Waals surface area (Å²) in [4.78, 5) is 12.0. The summed E-state index contributed by atoms with van der Waals surface area (Å²) in [6.45, 7) is 4.67. The first-order valence-corrected chi connectivity index (χ1v) is 7.71. The topological polar surface area (TPSA) is 47.6 Å². The number of nitrogens with one attached hydrogen (secondary N) is 1. The van der Waals surface area contributed by atoms with Crippen LogP contribution >= 0.6 is 11.6 Å². The summed E-state index contributed by atoms with van der Waals surface area (Å²) in [5, 5.41) is 3.57. The normalized spacial score (nSPS) is 10.3. The van der Waals surface area contributed by atoms with E-state index in [-0.39, 0.29) is 5.91 Å². The molecule has 0 aliphatic carbocycles. The predicted octanol–water partition coefficient (Wildman–Crippen LogP) is 3.77. The lowest BCUT2D eigenvalue weighted by molar-refractivity contribution is 0.0946. The molecule has 0 aliphatic rings. The van der Waals surface area contributed by atoms with Crippen LogP contribution in [-0.2, 0) is 0 Å². The number of methoxy groups -OCH3 is 1. The molecule has 23 heavy (non-hydrogen) atoms. The van der Waals surface area contributed by atoms with Gasteiger partial charge in [-0.2, -0.15) is 0 Å². The van der Waals surface area contributed by atoms with Crippen molar-refractivity contribution in [3.05, 3.63) is 58.1 Å². The van der Waals surface area contributed by atoms with Crippen LogP contribution in [0.25, 0.3) is 0 Å². The Kier molecular flexibility index (Phi) is 5.88. The van der Waals surface area contributed by atoms with E-state index in [4.69, 9.17) is 21.1 Å². The molecule has 4 nitrogen and oxygen atoms in total. The molecule has 5 heteroatoms. The Bertz CT molecular complexity index is 677. The van der Waals surface area contributed by atoms with Gasteiger partial charge in [0.1, 0.15) is 18.1 Å². The lowest BCUT2D eigenvalue weighted by Gasteiger charge is -2.11. The van der Waals surface area contributed by atoms with E-state index in [9.17, 15) is 4.79 Å². The van der Waals surface area contributed by atoms with Gasteiger partial charge in [-0.05, 0) is 55.3 Å². The minimum absolute atomic E-state index is 0.157. The molecule has 0 saturated heterocycles. The highest BCUT2D eigenvalue weighted by Gasteiger charge is 2.07. The van der Waals surface area contributed by atoms with Gasteiger partial charge in [0.25, 0.3) is 5.91 Å². The number of ether oxygens (including phenoxy) is 2. The molecule has 2 aromatic carbocycles. The van der Waals surface area contributed by atoms with Crippen molar-refractivity contribution < 1.29 is 14.3 Å². The second-order valence-corrected chi connectivity index (χ2v) is 5.59. The van der Waals surface area contributed by atoms with Gasteiger partial charge in [0.05, 0.1) is 13.7 Å². The van der Waals surface area contributed by atoms with Crippen LogP contribution in [-0.4, -0.2) is 26.2 Å². The van der Waals surface area contributed by atoms with E-state index in [2.05, 4.69) is 5.32 Å². The second-order valence-electron chi connectivity index (χ2n) is 5.21. The highest BCUT2D eigenvalue weighted by molar-refractivity contribution is 6.32. The summed E-state index contributed by atoms with van der Waals surface area (Å²) in [6, 6.07) is 10.8. The third-order valence-corrected chi connectivity index (χ3v) is 3.99. The molecular weight excluding hydrogens is 314 g/mol. The Morgan fingerprint density at radius 2 is 1.83 bits per heavy atom. The smallest absolute Gasteiger partial charge is 0.251 e. The van der Waals surface area contributed by atoms with Crippen molar-refractivity contribution >= 4 is 17.5 Å². The monoisotopic (exact) mass is 333 g/mol. The van der Waals surface area contributed by atoms with Gasteiger partial charge < -0.3 is 14.8 Å². The average Bonchev–Trinajstić information content (AvgIpc) is 2.56. The number of carbonyl (C=O) groups excluding carboxylic acids is 1. The zero-order valence-electron chi connectivity index (χ0n) is 13.5.